The monoisotopic (exact) mass is 211 g/mol. The number of hydrogen-bond acceptors (Lipinski definition) is 4. The molecule has 0 fully saturated rings. The smallest absolute Gasteiger partial charge is 0.221 e. The van der Waals surface area contributed by atoms with Crippen LogP contribution in [0.15, 0.2) is 6.33 Å². The van der Waals surface area contributed by atoms with Crippen LogP contribution >= 0.6 is 0 Å². The standard InChI is InChI=1S/C9H17N5O/c1-7(9-13-11-6-14(9)3)12-8(15)4-5-10-2/h6-7,10H,4-5H2,1-3H3,(H,12,15). The van der Waals surface area contributed by atoms with E-state index in [1.54, 1.807) is 10.9 Å². The van der Waals surface area contributed by atoms with E-state index in [1.807, 2.05) is 21.0 Å². The molecule has 1 unspecified atom stereocenters. The first-order chi connectivity index (χ1) is 7.15. The summed E-state index contributed by atoms with van der Waals surface area (Å²) in [5.74, 6) is 0.771. The van der Waals surface area contributed by atoms with E-state index in [2.05, 4.69) is 20.8 Å². The van der Waals surface area contributed by atoms with Gasteiger partial charge in [-0.2, -0.15) is 0 Å². The summed E-state index contributed by atoms with van der Waals surface area (Å²) in [5, 5.41) is 13.5. The largest absolute Gasteiger partial charge is 0.346 e. The molecule has 1 heterocycles. The number of aromatic nitrogens is 3. The molecule has 2 N–H and O–H groups in total. The van der Waals surface area contributed by atoms with E-state index < -0.39 is 0 Å². The highest BCUT2D eigenvalue weighted by atomic mass is 16.1. The highest BCUT2D eigenvalue weighted by Gasteiger charge is 2.13. The van der Waals surface area contributed by atoms with Crippen LogP contribution in [0, 0.1) is 0 Å². The molecule has 1 rings (SSSR count). The van der Waals surface area contributed by atoms with Gasteiger partial charge in [0, 0.05) is 20.0 Å². The van der Waals surface area contributed by atoms with Crippen LogP contribution in [0.4, 0.5) is 0 Å². The molecule has 1 amide bonds. The Hall–Kier alpha value is -1.43. The van der Waals surface area contributed by atoms with Crippen molar-refractivity contribution in [3.05, 3.63) is 12.2 Å². The summed E-state index contributed by atoms with van der Waals surface area (Å²) in [6.07, 6.45) is 2.09. The topological polar surface area (TPSA) is 71.8 Å². The zero-order chi connectivity index (χ0) is 11.3. The van der Waals surface area contributed by atoms with Crippen molar-refractivity contribution >= 4 is 5.91 Å². The van der Waals surface area contributed by atoms with E-state index in [-0.39, 0.29) is 11.9 Å². The Balaban J connectivity index is 2.45. The van der Waals surface area contributed by atoms with Gasteiger partial charge in [0.15, 0.2) is 5.82 Å². The first-order valence-electron chi connectivity index (χ1n) is 4.93. The van der Waals surface area contributed by atoms with Crippen molar-refractivity contribution in [3.63, 3.8) is 0 Å². The molecule has 0 aliphatic heterocycles. The van der Waals surface area contributed by atoms with Crippen LogP contribution in [0.5, 0.6) is 0 Å². The lowest BCUT2D eigenvalue weighted by molar-refractivity contribution is -0.121. The minimum Gasteiger partial charge on any atom is -0.346 e. The van der Waals surface area contributed by atoms with Crippen molar-refractivity contribution in [2.75, 3.05) is 13.6 Å². The predicted molar refractivity (Wildman–Crippen MR) is 56.1 cm³/mol. The van der Waals surface area contributed by atoms with Crippen molar-refractivity contribution < 1.29 is 4.79 Å². The molecule has 0 spiro atoms. The van der Waals surface area contributed by atoms with Gasteiger partial charge in [0.05, 0.1) is 6.04 Å². The van der Waals surface area contributed by atoms with E-state index in [4.69, 9.17) is 0 Å². The fraction of sp³-hybridized carbons (Fsp3) is 0.667. The van der Waals surface area contributed by atoms with Gasteiger partial charge < -0.3 is 15.2 Å². The summed E-state index contributed by atoms with van der Waals surface area (Å²) in [5.41, 5.74) is 0. The number of hydrogen-bond donors (Lipinski definition) is 2. The summed E-state index contributed by atoms with van der Waals surface area (Å²) in [6.45, 7) is 2.57. The Morgan fingerprint density at radius 2 is 2.40 bits per heavy atom. The highest BCUT2D eigenvalue weighted by Crippen LogP contribution is 2.06. The van der Waals surface area contributed by atoms with Gasteiger partial charge in [-0.25, -0.2) is 0 Å². The van der Waals surface area contributed by atoms with Gasteiger partial charge >= 0.3 is 0 Å². The number of nitrogens with zero attached hydrogens (tertiary/aromatic N) is 3. The maximum absolute atomic E-state index is 11.4. The number of rotatable bonds is 5. The highest BCUT2D eigenvalue weighted by molar-refractivity contribution is 5.76. The van der Waals surface area contributed by atoms with Crippen molar-refractivity contribution in [1.29, 1.82) is 0 Å². The molecule has 6 nitrogen and oxygen atoms in total. The molecule has 15 heavy (non-hydrogen) atoms. The van der Waals surface area contributed by atoms with Crippen molar-refractivity contribution in [1.82, 2.24) is 25.4 Å². The van der Waals surface area contributed by atoms with E-state index in [9.17, 15) is 4.79 Å². The van der Waals surface area contributed by atoms with Crippen LogP contribution in [-0.2, 0) is 11.8 Å². The predicted octanol–water partition coefficient (Wildman–Crippen LogP) is -0.398. The number of aryl methyl sites for hydroxylation is 1. The Morgan fingerprint density at radius 3 is 2.93 bits per heavy atom. The second-order valence-electron chi connectivity index (χ2n) is 3.44. The molecule has 0 saturated carbocycles. The molecule has 1 atom stereocenters. The summed E-state index contributed by atoms with van der Waals surface area (Å²) in [7, 11) is 3.67. The second-order valence-corrected chi connectivity index (χ2v) is 3.44. The lowest BCUT2D eigenvalue weighted by Gasteiger charge is -2.12. The Bertz CT molecular complexity index is 322. The maximum Gasteiger partial charge on any atom is 0.221 e. The van der Waals surface area contributed by atoms with E-state index in [0.29, 0.717) is 13.0 Å². The third-order valence-electron chi connectivity index (χ3n) is 2.11. The van der Waals surface area contributed by atoms with Crippen molar-refractivity contribution in [2.45, 2.75) is 19.4 Å². The summed E-state index contributed by atoms with van der Waals surface area (Å²) >= 11 is 0. The number of carbonyl (C=O) groups excluding carboxylic acids is 1. The molecule has 1 aromatic rings. The SMILES string of the molecule is CNCCC(=O)NC(C)c1nncn1C. The quantitative estimate of drug-likeness (QED) is 0.695. The molecule has 0 radical (unpaired) electrons. The average Bonchev–Trinajstić information content (AvgIpc) is 2.61. The molecule has 0 aliphatic carbocycles. The van der Waals surface area contributed by atoms with Crippen molar-refractivity contribution in [2.24, 2.45) is 7.05 Å². The van der Waals surface area contributed by atoms with E-state index >= 15 is 0 Å². The third kappa shape index (κ3) is 3.32. The van der Waals surface area contributed by atoms with Gasteiger partial charge in [0.25, 0.3) is 0 Å². The first-order valence-corrected chi connectivity index (χ1v) is 4.93. The molecule has 6 heteroatoms. The zero-order valence-electron chi connectivity index (χ0n) is 9.32. The summed E-state index contributed by atoms with van der Waals surface area (Å²) in [6, 6.07) is -0.109. The van der Waals surface area contributed by atoms with Crippen LogP contribution < -0.4 is 10.6 Å². The Labute approximate surface area is 89.1 Å². The number of nitrogens with one attached hydrogen (secondary N) is 2. The molecule has 0 bridgehead atoms. The van der Waals surface area contributed by atoms with Gasteiger partial charge in [0.2, 0.25) is 5.91 Å². The zero-order valence-corrected chi connectivity index (χ0v) is 9.32. The van der Waals surface area contributed by atoms with E-state index in [0.717, 1.165) is 5.82 Å². The van der Waals surface area contributed by atoms with Gasteiger partial charge in [-0.3, -0.25) is 4.79 Å². The van der Waals surface area contributed by atoms with Gasteiger partial charge in [-0.05, 0) is 14.0 Å². The summed E-state index contributed by atoms with van der Waals surface area (Å²) < 4.78 is 1.79. The minimum atomic E-state index is -0.109. The Morgan fingerprint density at radius 1 is 1.67 bits per heavy atom. The van der Waals surface area contributed by atoms with Crippen LogP contribution in [0.3, 0.4) is 0 Å². The number of amides is 1. The average molecular weight is 211 g/mol. The van der Waals surface area contributed by atoms with Crippen LogP contribution in [0.25, 0.3) is 0 Å². The van der Waals surface area contributed by atoms with Crippen LogP contribution in [0.1, 0.15) is 25.2 Å². The van der Waals surface area contributed by atoms with Crippen LogP contribution in [-0.4, -0.2) is 34.3 Å². The molecule has 1 aromatic heterocycles. The van der Waals surface area contributed by atoms with E-state index in [1.165, 1.54) is 0 Å². The van der Waals surface area contributed by atoms with Crippen molar-refractivity contribution in [3.8, 4) is 0 Å². The molecular weight excluding hydrogens is 194 g/mol. The molecule has 0 saturated heterocycles. The fourth-order valence-electron chi connectivity index (χ4n) is 1.30. The maximum atomic E-state index is 11.4. The third-order valence-corrected chi connectivity index (χ3v) is 2.11. The van der Waals surface area contributed by atoms with Gasteiger partial charge in [-0.15, -0.1) is 10.2 Å². The van der Waals surface area contributed by atoms with Gasteiger partial charge in [0.1, 0.15) is 6.33 Å². The normalized spacial score (nSPS) is 12.5. The molecule has 0 aliphatic rings. The lowest BCUT2D eigenvalue weighted by atomic mass is 10.3. The minimum absolute atomic E-state index is 0.0138. The fourth-order valence-corrected chi connectivity index (χ4v) is 1.30. The molecule has 84 valence electrons. The Kier molecular flexibility index (Phi) is 4.23. The first kappa shape index (κ1) is 11.6. The van der Waals surface area contributed by atoms with Gasteiger partial charge in [-0.1, -0.05) is 0 Å². The molecule has 0 aromatic carbocycles. The summed E-state index contributed by atoms with van der Waals surface area (Å²) in [4.78, 5) is 11.4. The number of carbonyl (C=O) groups is 1. The van der Waals surface area contributed by atoms with Crippen LogP contribution in [0.2, 0.25) is 0 Å². The lowest BCUT2D eigenvalue weighted by Crippen LogP contribution is -2.30. The molecular formula is C9H17N5O. The second kappa shape index (κ2) is 5.45.